The highest BCUT2D eigenvalue weighted by Crippen LogP contribution is 2.24. The van der Waals surface area contributed by atoms with Gasteiger partial charge in [0.1, 0.15) is 0 Å². The molecule has 1 aromatic rings. The predicted octanol–water partition coefficient (Wildman–Crippen LogP) is 2.67. The molecule has 0 unspecified atom stereocenters. The lowest BCUT2D eigenvalue weighted by Crippen LogP contribution is -2.36. The van der Waals surface area contributed by atoms with E-state index in [1.807, 2.05) is 25.1 Å². The van der Waals surface area contributed by atoms with E-state index in [2.05, 4.69) is 30.5 Å². The predicted molar refractivity (Wildman–Crippen MR) is 74.7 cm³/mol. The largest absolute Gasteiger partial charge is 0.322 e. The van der Waals surface area contributed by atoms with Crippen molar-refractivity contribution in [2.75, 3.05) is 18.4 Å². The quantitative estimate of drug-likeness (QED) is 0.803. The molecule has 1 amide bonds. The maximum Gasteiger partial charge on any atom is 0.251 e. The molecule has 0 saturated carbocycles. The van der Waals surface area contributed by atoms with Crippen molar-refractivity contribution in [1.82, 2.24) is 5.32 Å². The molecule has 2 N–H and O–H groups in total. The minimum absolute atomic E-state index is 0.0135. The number of benzene rings is 1. The number of hydrogen-bond acceptors (Lipinski definition) is 2. The van der Waals surface area contributed by atoms with E-state index >= 15 is 0 Å². The smallest absolute Gasteiger partial charge is 0.251 e. The fourth-order valence-electron chi connectivity index (χ4n) is 2.01. The molecule has 0 radical (unpaired) electrons. The van der Waals surface area contributed by atoms with Gasteiger partial charge in [0.05, 0.1) is 0 Å². The standard InChI is InChI=1S/C15H20N2O/c1-10(2)13-6-4-5-7-14(13)17-15(18)11(3)12-8-16-9-12/h4-7,10,16H,8-9H2,1-3H3,(H,17,18). The lowest BCUT2D eigenvalue weighted by molar-refractivity contribution is -0.112. The van der Waals surface area contributed by atoms with E-state index in [0.717, 1.165) is 24.4 Å². The summed E-state index contributed by atoms with van der Waals surface area (Å²) in [5.41, 5.74) is 4.14. The van der Waals surface area contributed by atoms with E-state index in [9.17, 15) is 4.79 Å². The normalized spacial score (nSPS) is 14.3. The van der Waals surface area contributed by atoms with Gasteiger partial charge >= 0.3 is 0 Å². The molecule has 0 spiro atoms. The number of hydrogen-bond donors (Lipinski definition) is 2. The van der Waals surface area contributed by atoms with E-state index in [4.69, 9.17) is 0 Å². The second kappa shape index (κ2) is 5.36. The third-order valence-electron chi connectivity index (χ3n) is 3.38. The highest BCUT2D eigenvalue weighted by Gasteiger charge is 2.17. The molecular weight excluding hydrogens is 224 g/mol. The van der Waals surface area contributed by atoms with E-state index < -0.39 is 0 Å². The SMILES string of the molecule is CC(C(=O)Nc1ccccc1C(C)C)=C1CNC1. The summed E-state index contributed by atoms with van der Waals surface area (Å²) < 4.78 is 0. The first-order valence-electron chi connectivity index (χ1n) is 6.39. The zero-order chi connectivity index (χ0) is 13.1. The van der Waals surface area contributed by atoms with E-state index in [1.54, 1.807) is 0 Å². The van der Waals surface area contributed by atoms with Crippen LogP contribution in [0.2, 0.25) is 0 Å². The summed E-state index contributed by atoms with van der Waals surface area (Å²) in [6.45, 7) is 7.83. The fraction of sp³-hybridized carbons (Fsp3) is 0.400. The lowest BCUT2D eigenvalue weighted by Gasteiger charge is -2.22. The molecule has 0 bridgehead atoms. The third-order valence-corrected chi connectivity index (χ3v) is 3.38. The Labute approximate surface area is 108 Å². The van der Waals surface area contributed by atoms with Crippen LogP contribution in [0.1, 0.15) is 32.3 Å². The topological polar surface area (TPSA) is 41.1 Å². The van der Waals surface area contributed by atoms with Crippen LogP contribution in [-0.2, 0) is 4.79 Å². The van der Waals surface area contributed by atoms with Crippen molar-refractivity contribution in [2.24, 2.45) is 0 Å². The summed E-state index contributed by atoms with van der Waals surface area (Å²) in [6.07, 6.45) is 0. The average Bonchev–Trinajstić information content (AvgIpc) is 2.27. The van der Waals surface area contributed by atoms with Gasteiger partial charge in [0.2, 0.25) is 0 Å². The zero-order valence-corrected chi connectivity index (χ0v) is 11.2. The molecule has 0 aliphatic carbocycles. The van der Waals surface area contributed by atoms with Crippen LogP contribution in [0.4, 0.5) is 5.69 Å². The molecule has 1 saturated heterocycles. The van der Waals surface area contributed by atoms with E-state index in [-0.39, 0.29) is 5.91 Å². The number of nitrogens with one attached hydrogen (secondary N) is 2. The Morgan fingerprint density at radius 2 is 1.94 bits per heavy atom. The molecule has 1 fully saturated rings. The maximum absolute atomic E-state index is 12.1. The number of para-hydroxylation sites is 1. The van der Waals surface area contributed by atoms with Gasteiger partial charge in [-0.3, -0.25) is 4.79 Å². The summed E-state index contributed by atoms with van der Waals surface area (Å²) in [5.74, 6) is 0.416. The molecule has 96 valence electrons. The fourth-order valence-corrected chi connectivity index (χ4v) is 2.01. The van der Waals surface area contributed by atoms with Crippen LogP contribution in [0.15, 0.2) is 35.4 Å². The number of carbonyl (C=O) groups is 1. The Balaban J connectivity index is 2.17. The molecule has 0 aromatic heterocycles. The van der Waals surface area contributed by atoms with Crippen molar-refractivity contribution in [3.8, 4) is 0 Å². The summed E-state index contributed by atoms with van der Waals surface area (Å²) in [4.78, 5) is 12.1. The Kier molecular flexibility index (Phi) is 3.82. The Bertz CT molecular complexity index is 483. The van der Waals surface area contributed by atoms with Crippen LogP contribution in [0, 0.1) is 0 Å². The monoisotopic (exact) mass is 244 g/mol. The Morgan fingerprint density at radius 3 is 2.50 bits per heavy atom. The minimum atomic E-state index is 0.0135. The van der Waals surface area contributed by atoms with Crippen molar-refractivity contribution in [3.63, 3.8) is 0 Å². The Hall–Kier alpha value is -1.61. The van der Waals surface area contributed by atoms with Crippen LogP contribution < -0.4 is 10.6 Å². The average molecular weight is 244 g/mol. The van der Waals surface area contributed by atoms with Crippen molar-refractivity contribution < 1.29 is 4.79 Å². The van der Waals surface area contributed by atoms with Gasteiger partial charge in [-0.1, -0.05) is 32.0 Å². The molecule has 3 heteroatoms. The molecule has 18 heavy (non-hydrogen) atoms. The van der Waals surface area contributed by atoms with Crippen molar-refractivity contribution in [2.45, 2.75) is 26.7 Å². The number of rotatable bonds is 3. The summed E-state index contributed by atoms with van der Waals surface area (Å²) in [5, 5.41) is 6.17. The summed E-state index contributed by atoms with van der Waals surface area (Å²) in [7, 11) is 0. The van der Waals surface area contributed by atoms with Crippen LogP contribution >= 0.6 is 0 Å². The first-order chi connectivity index (χ1) is 8.59. The number of amides is 1. The molecular formula is C15H20N2O. The number of carbonyl (C=O) groups excluding carboxylic acids is 1. The van der Waals surface area contributed by atoms with Crippen LogP contribution in [0.3, 0.4) is 0 Å². The van der Waals surface area contributed by atoms with Crippen LogP contribution in [0.25, 0.3) is 0 Å². The first kappa shape index (κ1) is 12.8. The summed E-state index contributed by atoms with van der Waals surface area (Å²) >= 11 is 0. The molecule has 1 aliphatic heterocycles. The molecule has 0 atom stereocenters. The molecule has 2 rings (SSSR count). The van der Waals surface area contributed by atoms with Gasteiger partial charge in [-0.15, -0.1) is 0 Å². The molecule has 3 nitrogen and oxygen atoms in total. The van der Waals surface area contributed by atoms with Gasteiger partial charge in [-0.2, -0.15) is 0 Å². The zero-order valence-electron chi connectivity index (χ0n) is 11.2. The molecule has 1 aromatic carbocycles. The van der Waals surface area contributed by atoms with Gasteiger partial charge in [-0.05, 0) is 30.0 Å². The van der Waals surface area contributed by atoms with E-state index in [1.165, 1.54) is 11.1 Å². The minimum Gasteiger partial charge on any atom is -0.322 e. The van der Waals surface area contributed by atoms with Gasteiger partial charge in [-0.25, -0.2) is 0 Å². The van der Waals surface area contributed by atoms with Crippen molar-refractivity contribution in [3.05, 3.63) is 41.0 Å². The molecule has 1 aliphatic rings. The lowest BCUT2D eigenvalue weighted by atomic mass is 10.00. The third kappa shape index (κ3) is 2.62. The maximum atomic E-state index is 12.1. The van der Waals surface area contributed by atoms with Gasteiger partial charge < -0.3 is 10.6 Å². The number of anilines is 1. The Morgan fingerprint density at radius 1 is 1.28 bits per heavy atom. The molecule has 1 heterocycles. The summed E-state index contributed by atoms with van der Waals surface area (Å²) in [6, 6.07) is 7.99. The highest BCUT2D eigenvalue weighted by molar-refractivity contribution is 6.04. The van der Waals surface area contributed by atoms with E-state index in [0.29, 0.717) is 5.92 Å². The van der Waals surface area contributed by atoms with Crippen LogP contribution in [-0.4, -0.2) is 19.0 Å². The second-order valence-corrected chi connectivity index (χ2v) is 5.03. The highest BCUT2D eigenvalue weighted by atomic mass is 16.1. The van der Waals surface area contributed by atoms with Gasteiger partial charge in [0.25, 0.3) is 5.91 Å². The second-order valence-electron chi connectivity index (χ2n) is 5.03. The van der Waals surface area contributed by atoms with Crippen LogP contribution in [0.5, 0.6) is 0 Å². The van der Waals surface area contributed by atoms with Crippen molar-refractivity contribution >= 4 is 11.6 Å². The van der Waals surface area contributed by atoms with Gasteiger partial charge in [0.15, 0.2) is 0 Å². The van der Waals surface area contributed by atoms with Crippen molar-refractivity contribution in [1.29, 1.82) is 0 Å². The van der Waals surface area contributed by atoms with Gasteiger partial charge in [0, 0.05) is 24.4 Å². The first-order valence-corrected chi connectivity index (χ1v) is 6.39.